The van der Waals surface area contributed by atoms with Crippen molar-refractivity contribution in [3.8, 4) is 17.2 Å². The Morgan fingerprint density at radius 1 is 1.19 bits per heavy atom. The highest BCUT2D eigenvalue weighted by atomic mass is 35.5. The molecule has 140 valence electrons. The fourth-order valence-corrected chi connectivity index (χ4v) is 2.92. The van der Waals surface area contributed by atoms with Gasteiger partial charge in [0.25, 0.3) is 0 Å². The predicted molar refractivity (Wildman–Crippen MR) is 102 cm³/mol. The first kappa shape index (κ1) is 18.8. The smallest absolute Gasteiger partial charge is 0.358 e. The molecule has 0 bridgehead atoms. The van der Waals surface area contributed by atoms with Crippen LogP contribution in [0.1, 0.15) is 28.7 Å². The molecule has 0 fully saturated rings. The zero-order valence-corrected chi connectivity index (χ0v) is 15.7. The number of esters is 1. The summed E-state index contributed by atoms with van der Waals surface area (Å²) in [7, 11) is 1.56. The number of benzene rings is 2. The average Bonchev–Trinajstić information content (AvgIpc) is 3.07. The van der Waals surface area contributed by atoms with Crippen LogP contribution in [0.5, 0.6) is 11.5 Å². The molecule has 0 amide bonds. The van der Waals surface area contributed by atoms with Crippen LogP contribution in [0.4, 0.5) is 0 Å². The summed E-state index contributed by atoms with van der Waals surface area (Å²) in [6.07, 6.45) is 0.495. The molecule has 1 heterocycles. The molecule has 2 aromatic carbocycles. The van der Waals surface area contributed by atoms with Crippen LogP contribution in [-0.2, 0) is 11.2 Å². The Bertz CT molecular complexity index is 951. The van der Waals surface area contributed by atoms with Crippen molar-refractivity contribution in [3.63, 3.8) is 0 Å². The van der Waals surface area contributed by atoms with Crippen LogP contribution in [0.2, 0.25) is 5.02 Å². The average molecular weight is 387 g/mol. The highest BCUT2D eigenvalue weighted by Gasteiger charge is 2.18. The van der Waals surface area contributed by atoms with E-state index in [-0.39, 0.29) is 18.1 Å². The minimum absolute atomic E-state index is 0.192. The van der Waals surface area contributed by atoms with Crippen LogP contribution in [0.3, 0.4) is 0 Å². The van der Waals surface area contributed by atoms with Crippen molar-refractivity contribution >= 4 is 17.6 Å². The lowest BCUT2D eigenvalue weighted by Gasteiger charge is -2.11. The summed E-state index contributed by atoms with van der Waals surface area (Å²) < 4.78 is 11.9. The van der Waals surface area contributed by atoms with E-state index in [0.717, 1.165) is 11.3 Å². The summed E-state index contributed by atoms with van der Waals surface area (Å²) in [5, 5.41) is 14.3. The van der Waals surface area contributed by atoms with Gasteiger partial charge in [-0.3, -0.25) is 0 Å². The number of ether oxygens (including phenoxy) is 2. The lowest BCUT2D eigenvalue weighted by atomic mass is 10.1. The number of methoxy groups -OCH3 is 1. The molecule has 0 saturated heterocycles. The van der Waals surface area contributed by atoms with Gasteiger partial charge in [-0.05, 0) is 42.8 Å². The predicted octanol–water partition coefficient (Wildman–Crippen LogP) is 4.01. The van der Waals surface area contributed by atoms with Gasteiger partial charge in [0.05, 0.1) is 24.4 Å². The maximum atomic E-state index is 12.1. The van der Waals surface area contributed by atoms with Crippen molar-refractivity contribution in [2.45, 2.75) is 13.3 Å². The second kappa shape index (κ2) is 8.14. The molecule has 0 saturated carbocycles. The highest BCUT2D eigenvalue weighted by molar-refractivity contribution is 6.32. The fraction of sp³-hybridized carbons (Fsp3) is 0.200. The van der Waals surface area contributed by atoms with Crippen LogP contribution in [0, 0.1) is 0 Å². The number of aromatic hydroxyl groups is 1. The quantitative estimate of drug-likeness (QED) is 0.648. The van der Waals surface area contributed by atoms with Gasteiger partial charge in [-0.2, -0.15) is 5.10 Å². The van der Waals surface area contributed by atoms with E-state index in [4.69, 9.17) is 21.1 Å². The maximum absolute atomic E-state index is 12.1. The molecular weight excluding hydrogens is 368 g/mol. The normalized spacial score (nSPS) is 10.6. The first-order valence-electron chi connectivity index (χ1n) is 8.39. The molecule has 0 spiro atoms. The van der Waals surface area contributed by atoms with E-state index in [1.165, 1.54) is 0 Å². The summed E-state index contributed by atoms with van der Waals surface area (Å²) in [6, 6.07) is 13.8. The Morgan fingerprint density at radius 3 is 2.56 bits per heavy atom. The second-order valence-corrected chi connectivity index (χ2v) is 6.22. The first-order chi connectivity index (χ1) is 13.0. The van der Waals surface area contributed by atoms with Crippen molar-refractivity contribution in [1.82, 2.24) is 9.78 Å². The molecule has 0 aliphatic heterocycles. The van der Waals surface area contributed by atoms with Gasteiger partial charge < -0.3 is 14.6 Å². The molecule has 0 atom stereocenters. The zero-order chi connectivity index (χ0) is 19.4. The Balaban J connectivity index is 2.04. The van der Waals surface area contributed by atoms with Crippen molar-refractivity contribution in [2.75, 3.05) is 13.7 Å². The number of carbonyl (C=O) groups is 1. The minimum atomic E-state index is -0.493. The number of hydrogen-bond acceptors (Lipinski definition) is 5. The topological polar surface area (TPSA) is 73.6 Å². The summed E-state index contributed by atoms with van der Waals surface area (Å²) in [5.41, 5.74) is 2.55. The first-order valence-corrected chi connectivity index (χ1v) is 8.77. The monoisotopic (exact) mass is 386 g/mol. The number of nitrogens with zero attached hydrogens (tertiary/aromatic N) is 2. The minimum Gasteiger partial charge on any atom is -0.508 e. The molecule has 0 aliphatic carbocycles. The third-order valence-corrected chi connectivity index (χ3v) is 4.28. The molecule has 0 unspecified atom stereocenters. The van der Waals surface area contributed by atoms with E-state index in [9.17, 15) is 9.90 Å². The second-order valence-electron chi connectivity index (χ2n) is 5.81. The van der Waals surface area contributed by atoms with Crippen molar-refractivity contribution in [2.24, 2.45) is 0 Å². The number of hydrogen-bond donors (Lipinski definition) is 1. The third-order valence-electron chi connectivity index (χ3n) is 3.97. The molecule has 3 aromatic rings. The van der Waals surface area contributed by atoms with Crippen LogP contribution in [0.15, 0.2) is 48.5 Å². The Labute approximate surface area is 161 Å². The number of halogens is 1. The van der Waals surface area contributed by atoms with Gasteiger partial charge in [-0.25, -0.2) is 9.48 Å². The lowest BCUT2D eigenvalue weighted by molar-refractivity contribution is 0.0519. The van der Waals surface area contributed by atoms with E-state index in [1.807, 2.05) is 12.1 Å². The molecule has 27 heavy (non-hydrogen) atoms. The summed E-state index contributed by atoms with van der Waals surface area (Å²) >= 11 is 6.40. The van der Waals surface area contributed by atoms with E-state index in [1.54, 1.807) is 55.1 Å². The highest BCUT2D eigenvalue weighted by Crippen LogP contribution is 2.27. The standard InChI is InChI=1S/C20H19ClN2O4/c1-3-27-20(25)18-11-14(10-13-4-6-15(24)7-5-13)23(22-18)19-9-8-16(26-2)12-17(19)21/h4-9,11-12,24H,3,10H2,1-2H3. The number of phenolic OH excluding ortho intramolecular Hbond substituents is 1. The van der Waals surface area contributed by atoms with Crippen LogP contribution >= 0.6 is 11.6 Å². The van der Waals surface area contributed by atoms with Gasteiger partial charge in [0.15, 0.2) is 5.69 Å². The zero-order valence-electron chi connectivity index (χ0n) is 15.0. The number of rotatable bonds is 6. The summed E-state index contributed by atoms with van der Waals surface area (Å²) in [4.78, 5) is 12.1. The molecular formula is C20H19ClN2O4. The maximum Gasteiger partial charge on any atom is 0.358 e. The van der Waals surface area contributed by atoms with Gasteiger partial charge in [-0.1, -0.05) is 23.7 Å². The van der Waals surface area contributed by atoms with Crippen molar-refractivity contribution in [1.29, 1.82) is 0 Å². The Hall–Kier alpha value is -2.99. The Kier molecular flexibility index (Phi) is 5.66. The SMILES string of the molecule is CCOC(=O)c1cc(Cc2ccc(O)cc2)n(-c2ccc(OC)cc2Cl)n1. The van der Waals surface area contributed by atoms with E-state index < -0.39 is 5.97 Å². The van der Waals surface area contributed by atoms with E-state index in [2.05, 4.69) is 5.10 Å². The summed E-state index contributed by atoms with van der Waals surface area (Å²) in [6.45, 7) is 2.01. The molecule has 0 aliphatic rings. The van der Waals surface area contributed by atoms with Crippen molar-refractivity contribution in [3.05, 3.63) is 70.5 Å². The largest absolute Gasteiger partial charge is 0.508 e. The van der Waals surface area contributed by atoms with Crippen molar-refractivity contribution < 1.29 is 19.4 Å². The number of phenols is 1. The molecule has 1 N–H and O–H groups in total. The molecule has 3 rings (SSSR count). The van der Waals surface area contributed by atoms with Gasteiger partial charge in [0, 0.05) is 18.2 Å². The van der Waals surface area contributed by atoms with Gasteiger partial charge in [0.1, 0.15) is 11.5 Å². The number of carbonyl (C=O) groups excluding carboxylic acids is 1. The van der Waals surface area contributed by atoms with Crippen LogP contribution in [0.25, 0.3) is 5.69 Å². The van der Waals surface area contributed by atoms with Gasteiger partial charge in [-0.15, -0.1) is 0 Å². The van der Waals surface area contributed by atoms with Crippen LogP contribution in [-0.4, -0.2) is 34.6 Å². The third kappa shape index (κ3) is 4.23. The van der Waals surface area contributed by atoms with E-state index in [0.29, 0.717) is 22.9 Å². The van der Waals surface area contributed by atoms with E-state index >= 15 is 0 Å². The van der Waals surface area contributed by atoms with Gasteiger partial charge >= 0.3 is 5.97 Å². The summed E-state index contributed by atoms with van der Waals surface area (Å²) in [5.74, 6) is 0.326. The molecule has 7 heteroatoms. The fourth-order valence-electron chi connectivity index (χ4n) is 2.67. The molecule has 6 nitrogen and oxygen atoms in total. The Morgan fingerprint density at radius 2 is 1.93 bits per heavy atom. The molecule has 1 aromatic heterocycles. The van der Waals surface area contributed by atoms with Crippen LogP contribution < -0.4 is 4.74 Å². The molecule has 0 radical (unpaired) electrons. The lowest BCUT2D eigenvalue weighted by Crippen LogP contribution is -2.07. The van der Waals surface area contributed by atoms with Gasteiger partial charge in [0.2, 0.25) is 0 Å². The number of aromatic nitrogens is 2.